The van der Waals surface area contributed by atoms with Gasteiger partial charge in [-0.25, -0.2) is 0 Å². The molecule has 104 valence electrons. The second kappa shape index (κ2) is 7.34. The molecule has 4 N–H and O–H groups in total. The Labute approximate surface area is 120 Å². The lowest BCUT2D eigenvalue weighted by Crippen LogP contribution is -2.15. The molecule has 3 heteroatoms. The normalized spacial score (nSPS) is 11.5. The molecule has 0 radical (unpaired) electrons. The molecule has 0 heterocycles. The van der Waals surface area contributed by atoms with E-state index in [-0.39, 0.29) is 0 Å². The average molecular weight is 267 g/mol. The molecule has 0 aliphatic carbocycles. The van der Waals surface area contributed by atoms with Crippen LogP contribution in [0.1, 0.15) is 29.5 Å². The summed E-state index contributed by atoms with van der Waals surface area (Å²) in [4.78, 5) is 0. The van der Waals surface area contributed by atoms with E-state index in [1.54, 1.807) is 0 Å². The van der Waals surface area contributed by atoms with Gasteiger partial charge >= 0.3 is 0 Å². The van der Waals surface area contributed by atoms with E-state index in [2.05, 4.69) is 47.6 Å². The van der Waals surface area contributed by atoms with Crippen LogP contribution in [0.15, 0.2) is 59.7 Å². The summed E-state index contributed by atoms with van der Waals surface area (Å²) >= 11 is 0. The monoisotopic (exact) mass is 267 g/mol. The molecular weight excluding hydrogens is 246 g/mol. The topological polar surface area (TPSA) is 64.4 Å². The summed E-state index contributed by atoms with van der Waals surface area (Å²) in [5, 5.41) is 3.53. The highest BCUT2D eigenvalue weighted by Crippen LogP contribution is 2.11. The predicted molar refractivity (Wildman–Crippen MR) is 84.4 cm³/mol. The maximum atomic E-state index is 5.72. The smallest absolute Gasteiger partial charge is 0.150 e. The Balaban J connectivity index is 1.82. The molecule has 3 nitrogen and oxygen atoms in total. The standard InChI is InChI=1S/C17H21N3/c18-17(20-19)16-12-6-11-15(13-16)10-5-4-9-14-7-2-1-3-8-14/h1-3,6-8,11-13H,4-5,9-10,19H2,(H2,18,20). The van der Waals surface area contributed by atoms with Crippen LogP contribution in [-0.2, 0) is 12.8 Å². The molecule has 0 saturated carbocycles. The van der Waals surface area contributed by atoms with Crippen molar-refractivity contribution in [1.82, 2.24) is 0 Å². The van der Waals surface area contributed by atoms with Gasteiger partial charge in [-0.1, -0.05) is 48.5 Å². The second-order valence-corrected chi connectivity index (χ2v) is 4.91. The van der Waals surface area contributed by atoms with Crippen LogP contribution in [0.2, 0.25) is 0 Å². The van der Waals surface area contributed by atoms with Crippen LogP contribution >= 0.6 is 0 Å². The van der Waals surface area contributed by atoms with Crippen molar-refractivity contribution < 1.29 is 0 Å². The molecule has 0 saturated heterocycles. The summed E-state index contributed by atoms with van der Waals surface area (Å²) in [5.41, 5.74) is 9.30. The van der Waals surface area contributed by atoms with E-state index < -0.39 is 0 Å². The van der Waals surface area contributed by atoms with Crippen molar-refractivity contribution >= 4 is 5.84 Å². The number of benzene rings is 2. The number of hydrazone groups is 1. The minimum atomic E-state index is 0.385. The Bertz CT molecular complexity index is 561. The van der Waals surface area contributed by atoms with E-state index in [0.29, 0.717) is 5.84 Å². The summed E-state index contributed by atoms with van der Waals surface area (Å²) in [6.45, 7) is 0. The maximum absolute atomic E-state index is 5.72. The molecule has 2 aromatic carbocycles. The van der Waals surface area contributed by atoms with Gasteiger partial charge in [0.1, 0.15) is 5.84 Å². The predicted octanol–water partition coefficient (Wildman–Crippen LogP) is 2.83. The first kappa shape index (κ1) is 14.1. The molecule has 0 spiro atoms. The summed E-state index contributed by atoms with van der Waals surface area (Å²) < 4.78 is 0. The number of aryl methyl sites for hydroxylation is 2. The molecule has 0 aromatic heterocycles. The van der Waals surface area contributed by atoms with Gasteiger partial charge in [0.2, 0.25) is 0 Å². The third-order valence-electron chi connectivity index (χ3n) is 3.39. The van der Waals surface area contributed by atoms with Crippen molar-refractivity contribution in [3.63, 3.8) is 0 Å². The third-order valence-corrected chi connectivity index (χ3v) is 3.39. The highest BCUT2D eigenvalue weighted by Gasteiger charge is 2.00. The van der Waals surface area contributed by atoms with E-state index in [4.69, 9.17) is 11.6 Å². The fourth-order valence-corrected chi connectivity index (χ4v) is 2.26. The van der Waals surface area contributed by atoms with Crippen molar-refractivity contribution in [1.29, 1.82) is 0 Å². The molecule has 2 rings (SSSR count). The van der Waals surface area contributed by atoms with E-state index in [1.165, 1.54) is 17.5 Å². The summed E-state index contributed by atoms with van der Waals surface area (Å²) in [7, 11) is 0. The largest absolute Gasteiger partial charge is 0.382 e. The minimum absolute atomic E-state index is 0.385. The van der Waals surface area contributed by atoms with Crippen LogP contribution in [0, 0.1) is 0 Å². The van der Waals surface area contributed by atoms with Gasteiger partial charge in [-0.2, -0.15) is 5.10 Å². The number of rotatable bonds is 6. The minimum Gasteiger partial charge on any atom is -0.382 e. The molecule has 0 aliphatic rings. The SMILES string of the molecule is N/N=C(\N)c1cccc(CCCCc2ccccc2)c1. The van der Waals surface area contributed by atoms with Crippen molar-refractivity contribution in [3.8, 4) is 0 Å². The lowest BCUT2D eigenvalue weighted by molar-refractivity contribution is 0.734. The number of nitrogens with two attached hydrogens (primary N) is 2. The zero-order chi connectivity index (χ0) is 14.2. The van der Waals surface area contributed by atoms with Crippen LogP contribution in [0.25, 0.3) is 0 Å². The Morgan fingerprint density at radius 2 is 1.50 bits per heavy atom. The summed E-state index contributed by atoms with van der Waals surface area (Å²) in [6, 6.07) is 18.7. The number of hydrogen-bond acceptors (Lipinski definition) is 2. The Hall–Kier alpha value is -2.29. The molecule has 0 aliphatic heterocycles. The third kappa shape index (κ3) is 4.12. The quantitative estimate of drug-likeness (QED) is 0.278. The van der Waals surface area contributed by atoms with Gasteiger partial charge in [0.25, 0.3) is 0 Å². The first-order valence-corrected chi connectivity index (χ1v) is 6.96. The van der Waals surface area contributed by atoms with E-state index in [0.717, 1.165) is 24.8 Å². The van der Waals surface area contributed by atoms with Crippen LogP contribution in [-0.4, -0.2) is 5.84 Å². The number of nitrogens with zero attached hydrogens (tertiary/aromatic N) is 1. The zero-order valence-corrected chi connectivity index (χ0v) is 11.6. The lowest BCUT2D eigenvalue weighted by Gasteiger charge is -2.05. The van der Waals surface area contributed by atoms with Gasteiger partial charge in [-0.15, -0.1) is 0 Å². The maximum Gasteiger partial charge on any atom is 0.150 e. The van der Waals surface area contributed by atoms with Crippen molar-refractivity contribution in [3.05, 3.63) is 71.3 Å². The van der Waals surface area contributed by atoms with Gasteiger partial charge < -0.3 is 11.6 Å². The van der Waals surface area contributed by atoms with Gasteiger partial charge in [0, 0.05) is 5.56 Å². The molecule has 0 fully saturated rings. The fourth-order valence-electron chi connectivity index (χ4n) is 2.26. The Morgan fingerprint density at radius 1 is 0.850 bits per heavy atom. The number of amidine groups is 1. The summed E-state index contributed by atoms with van der Waals surface area (Å²) in [5.74, 6) is 5.59. The van der Waals surface area contributed by atoms with Crippen LogP contribution < -0.4 is 11.6 Å². The number of unbranched alkanes of at least 4 members (excludes halogenated alkanes) is 1. The van der Waals surface area contributed by atoms with Gasteiger partial charge in [-0.05, 0) is 42.9 Å². The Morgan fingerprint density at radius 3 is 2.20 bits per heavy atom. The van der Waals surface area contributed by atoms with E-state index in [1.807, 2.05) is 12.1 Å². The van der Waals surface area contributed by atoms with Crippen molar-refractivity contribution in [2.24, 2.45) is 16.7 Å². The highest BCUT2D eigenvalue weighted by molar-refractivity contribution is 5.97. The van der Waals surface area contributed by atoms with Crippen LogP contribution in [0.5, 0.6) is 0 Å². The molecule has 0 atom stereocenters. The lowest BCUT2D eigenvalue weighted by atomic mass is 10.0. The zero-order valence-electron chi connectivity index (χ0n) is 11.6. The summed E-state index contributed by atoms with van der Waals surface area (Å²) in [6.07, 6.45) is 4.54. The number of hydrogen-bond donors (Lipinski definition) is 2. The molecule has 0 unspecified atom stereocenters. The van der Waals surface area contributed by atoms with E-state index >= 15 is 0 Å². The van der Waals surface area contributed by atoms with Gasteiger partial charge in [-0.3, -0.25) is 0 Å². The molecule has 0 bridgehead atoms. The van der Waals surface area contributed by atoms with Crippen LogP contribution in [0.4, 0.5) is 0 Å². The van der Waals surface area contributed by atoms with Crippen molar-refractivity contribution in [2.75, 3.05) is 0 Å². The van der Waals surface area contributed by atoms with Gasteiger partial charge in [0.05, 0.1) is 0 Å². The molecule has 2 aromatic rings. The van der Waals surface area contributed by atoms with Crippen molar-refractivity contribution in [2.45, 2.75) is 25.7 Å². The average Bonchev–Trinajstić information content (AvgIpc) is 2.52. The first-order chi connectivity index (χ1) is 9.79. The van der Waals surface area contributed by atoms with Gasteiger partial charge in [0.15, 0.2) is 0 Å². The second-order valence-electron chi connectivity index (χ2n) is 4.91. The van der Waals surface area contributed by atoms with Crippen LogP contribution in [0.3, 0.4) is 0 Å². The first-order valence-electron chi connectivity index (χ1n) is 6.96. The van der Waals surface area contributed by atoms with E-state index in [9.17, 15) is 0 Å². The molecule has 0 amide bonds. The fraction of sp³-hybridized carbons (Fsp3) is 0.235. The highest BCUT2D eigenvalue weighted by atomic mass is 15.1. The Kier molecular flexibility index (Phi) is 5.18. The molecule has 20 heavy (non-hydrogen) atoms. The molecular formula is C17H21N3.